The molecule has 1 aliphatic heterocycles. The largest absolute Gasteiger partial charge is 0.480 e. The van der Waals surface area contributed by atoms with Gasteiger partial charge in [-0.2, -0.15) is 0 Å². The molecule has 2 atom stereocenters. The zero-order chi connectivity index (χ0) is 17.0. The van der Waals surface area contributed by atoms with Gasteiger partial charge in [-0.3, -0.25) is 9.59 Å². The van der Waals surface area contributed by atoms with Gasteiger partial charge in [-0.05, 0) is 17.6 Å². The number of primary amides is 1. The van der Waals surface area contributed by atoms with E-state index in [9.17, 15) is 19.6 Å². The van der Waals surface area contributed by atoms with E-state index in [2.05, 4.69) is 0 Å². The number of rotatable bonds is 6. The van der Waals surface area contributed by atoms with Crippen LogP contribution in [0.2, 0.25) is 0 Å². The summed E-state index contributed by atoms with van der Waals surface area (Å²) in [7, 11) is -1.73. The van der Waals surface area contributed by atoms with E-state index in [0.29, 0.717) is 5.57 Å². The molecule has 23 heavy (non-hydrogen) atoms. The van der Waals surface area contributed by atoms with E-state index in [1.165, 1.54) is 4.90 Å². The van der Waals surface area contributed by atoms with Gasteiger partial charge in [0.25, 0.3) is 0 Å². The third-order valence-electron chi connectivity index (χ3n) is 3.85. The second-order valence-electron chi connectivity index (χ2n) is 5.49. The van der Waals surface area contributed by atoms with Gasteiger partial charge in [0.15, 0.2) is 0 Å². The molecule has 0 saturated carbocycles. The minimum absolute atomic E-state index is 0.00601. The van der Waals surface area contributed by atoms with E-state index < -0.39 is 30.9 Å². The molecule has 1 unspecified atom stereocenters. The topological polar surface area (TPSA) is 130 Å². The van der Waals surface area contributed by atoms with Crippen molar-refractivity contribution in [3.63, 3.8) is 0 Å². The minimum atomic E-state index is -1.73. The highest BCUT2D eigenvalue weighted by atomic mass is 16.4. The van der Waals surface area contributed by atoms with Gasteiger partial charge in [-0.15, -0.1) is 0 Å². The Morgan fingerprint density at radius 3 is 2.52 bits per heavy atom. The summed E-state index contributed by atoms with van der Waals surface area (Å²) in [4.78, 5) is 24.6. The molecule has 7 nitrogen and oxygen atoms in total. The lowest BCUT2D eigenvalue weighted by Crippen LogP contribution is -2.52. The van der Waals surface area contributed by atoms with Gasteiger partial charge in [0.2, 0.25) is 11.8 Å². The molecule has 0 aliphatic carbocycles. The molecule has 6 N–H and O–H groups in total. The molecule has 0 saturated heterocycles. The fourth-order valence-corrected chi connectivity index (χ4v) is 2.70. The second kappa shape index (κ2) is 7.41. The summed E-state index contributed by atoms with van der Waals surface area (Å²) in [5.74, 6) is -1.85. The molecular formula is C15H20BN3O4. The molecule has 1 aromatic rings. The maximum atomic E-state index is 12.4. The van der Waals surface area contributed by atoms with Gasteiger partial charge in [-0.25, -0.2) is 0 Å². The smallest absolute Gasteiger partial charge is 0.426 e. The first-order chi connectivity index (χ1) is 10.9. The third-order valence-corrected chi connectivity index (χ3v) is 3.85. The van der Waals surface area contributed by atoms with Crippen LogP contribution in [-0.2, 0) is 9.59 Å². The normalized spacial score (nSPS) is 18.5. The molecule has 2 rings (SSSR count). The van der Waals surface area contributed by atoms with Gasteiger partial charge in [0.05, 0.1) is 12.0 Å². The summed E-state index contributed by atoms with van der Waals surface area (Å²) in [6.45, 7) is 0.232. The molecule has 8 heteroatoms. The minimum Gasteiger partial charge on any atom is -0.426 e. The van der Waals surface area contributed by atoms with Crippen LogP contribution in [0.3, 0.4) is 0 Å². The number of hydrogen-bond acceptors (Lipinski definition) is 5. The summed E-state index contributed by atoms with van der Waals surface area (Å²) in [6, 6.07) is 8.28. The average Bonchev–Trinajstić information content (AvgIpc) is 2.97. The first kappa shape index (κ1) is 17.2. The quantitative estimate of drug-likeness (QED) is 0.494. The van der Waals surface area contributed by atoms with Crippen molar-refractivity contribution in [2.75, 3.05) is 6.54 Å². The van der Waals surface area contributed by atoms with Crippen LogP contribution in [0.15, 0.2) is 36.4 Å². The van der Waals surface area contributed by atoms with Crippen molar-refractivity contribution < 1.29 is 19.6 Å². The summed E-state index contributed by atoms with van der Waals surface area (Å²) < 4.78 is 0. The van der Waals surface area contributed by atoms with Crippen LogP contribution >= 0.6 is 0 Å². The van der Waals surface area contributed by atoms with Crippen LogP contribution in [0, 0.1) is 0 Å². The van der Waals surface area contributed by atoms with Crippen LogP contribution in [0.25, 0.3) is 5.57 Å². The van der Waals surface area contributed by atoms with E-state index in [1.54, 1.807) is 6.08 Å². The first-order valence-electron chi connectivity index (χ1n) is 7.37. The summed E-state index contributed by atoms with van der Waals surface area (Å²) in [5.41, 5.74) is 12.3. The van der Waals surface area contributed by atoms with Crippen LogP contribution < -0.4 is 11.5 Å². The van der Waals surface area contributed by atoms with Crippen LogP contribution in [0.5, 0.6) is 0 Å². The Bertz CT molecular complexity index is 606. The Hall–Kier alpha value is -2.16. The van der Waals surface area contributed by atoms with Crippen LogP contribution in [-0.4, -0.2) is 52.4 Å². The van der Waals surface area contributed by atoms with Crippen molar-refractivity contribution in [1.82, 2.24) is 4.90 Å². The fourth-order valence-electron chi connectivity index (χ4n) is 2.70. The van der Waals surface area contributed by atoms with E-state index in [-0.39, 0.29) is 19.4 Å². The first-order valence-corrected chi connectivity index (χ1v) is 7.37. The molecule has 1 heterocycles. The molecule has 0 aromatic heterocycles. The monoisotopic (exact) mass is 317 g/mol. The Morgan fingerprint density at radius 2 is 1.96 bits per heavy atom. The lowest BCUT2D eigenvalue weighted by atomic mass is 9.73. The SMILES string of the molecule is NC(=O)CC[C@H](N)C(=O)N1CC=C(c2ccccc2)C1B(O)O. The molecule has 1 aliphatic rings. The molecular weight excluding hydrogens is 297 g/mol. The summed E-state index contributed by atoms with van der Waals surface area (Å²) >= 11 is 0. The van der Waals surface area contributed by atoms with Crippen molar-refractivity contribution >= 4 is 24.5 Å². The number of benzene rings is 1. The predicted molar refractivity (Wildman–Crippen MR) is 86.5 cm³/mol. The van der Waals surface area contributed by atoms with Gasteiger partial charge in [0.1, 0.15) is 0 Å². The van der Waals surface area contributed by atoms with Crippen molar-refractivity contribution in [2.45, 2.75) is 24.8 Å². The summed E-state index contributed by atoms with van der Waals surface area (Å²) in [5, 5.41) is 19.4. The maximum Gasteiger partial charge on any atom is 0.480 e. The zero-order valence-electron chi connectivity index (χ0n) is 12.6. The lowest BCUT2D eigenvalue weighted by molar-refractivity contribution is -0.132. The molecule has 2 amide bonds. The van der Waals surface area contributed by atoms with Crippen molar-refractivity contribution in [3.05, 3.63) is 42.0 Å². The lowest BCUT2D eigenvalue weighted by Gasteiger charge is -2.29. The van der Waals surface area contributed by atoms with E-state index in [1.807, 2.05) is 30.3 Å². The van der Waals surface area contributed by atoms with Crippen molar-refractivity contribution in [3.8, 4) is 0 Å². The Morgan fingerprint density at radius 1 is 1.30 bits per heavy atom. The van der Waals surface area contributed by atoms with Crippen molar-refractivity contribution in [2.24, 2.45) is 11.5 Å². The molecule has 0 spiro atoms. The maximum absolute atomic E-state index is 12.4. The highest BCUT2D eigenvalue weighted by Gasteiger charge is 2.40. The second-order valence-corrected chi connectivity index (χ2v) is 5.49. The van der Waals surface area contributed by atoms with Gasteiger partial charge >= 0.3 is 7.12 Å². The van der Waals surface area contributed by atoms with E-state index in [4.69, 9.17) is 11.5 Å². The molecule has 0 bridgehead atoms. The highest BCUT2D eigenvalue weighted by molar-refractivity contribution is 6.47. The Kier molecular flexibility index (Phi) is 5.54. The van der Waals surface area contributed by atoms with Gasteiger partial charge < -0.3 is 26.4 Å². The third kappa shape index (κ3) is 3.98. The molecule has 0 fully saturated rings. The number of nitrogens with zero attached hydrogens (tertiary/aromatic N) is 1. The average molecular weight is 317 g/mol. The number of carbonyl (C=O) groups is 2. The molecule has 122 valence electrons. The standard InChI is InChI=1S/C15H20BN3O4/c17-12(6-7-13(18)20)15(21)19-9-8-11(14(19)16(22)23)10-4-2-1-3-5-10/h1-5,8,12,14,22-23H,6-7,9,17H2,(H2,18,20)/t12-,14?/m0/s1. The van der Waals surface area contributed by atoms with Crippen molar-refractivity contribution in [1.29, 1.82) is 0 Å². The summed E-state index contributed by atoms with van der Waals surface area (Å²) in [6.07, 6.45) is 1.91. The number of amides is 2. The van der Waals surface area contributed by atoms with Gasteiger partial charge in [-0.1, -0.05) is 36.4 Å². The van der Waals surface area contributed by atoms with Crippen LogP contribution in [0.1, 0.15) is 18.4 Å². The molecule has 1 aromatic carbocycles. The fraction of sp³-hybridized carbons (Fsp3) is 0.333. The van der Waals surface area contributed by atoms with Gasteiger partial charge in [0, 0.05) is 13.0 Å². The van der Waals surface area contributed by atoms with E-state index in [0.717, 1.165) is 5.56 Å². The van der Waals surface area contributed by atoms with E-state index >= 15 is 0 Å². The Balaban J connectivity index is 2.15. The Labute approximate surface area is 134 Å². The molecule has 0 radical (unpaired) electrons. The zero-order valence-corrected chi connectivity index (χ0v) is 12.6. The number of carbonyl (C=O) groups excluding carboxylic acids is 2. The highest BCUT2D eigenvalue weighted by Crippen LogP contribution is 2.29. The number of nitrogens with two attached hydrogens (primary N) is 2. The predicted octanol–water partition coefficient (Wildman–Crippen LogP) is -1.11. The van der Waals surface area contributed by atoms with Crippen LogP contribution in [0.4, 0.5) is 0 Å². The number of hydrogen-bond donors (Lipinski definition) is 4.